The predicted octanol–water partition coefficient (Wildman–Crippen LogP) is 2.75. The van der Waals surface area contributed by atoms with Crippen LogP contribution in [-0.2, 0) is 0 Å². The molecular weight excluding hydrogens is 217 g/mol. The second-order valence-corrected chi connectivity index (χ2v) is 4.21. The lowest BCUT2D eigenvalue weighted by Crippen LogP contribution is -2.29. The van der Waals surface area contributed by atoms with Crippen molar-refractivity contribution in [3.05, 3.63) is 41.2 Å². The van der Waals surface area contributed by atoms with Crippen molar-refractivity contribution in [1.29, 1.82) is 0 Å². The van der Waals surface area contributed by atoms with Crippen LogP contribution in [0.1, 0.15) is 29.3 Å². The van der Waals surface area contributed by atoms with Gasteiger partial charge in [0, 0.05) is 13.1 Å². The van der Waals surface area contributed by atoms with Crippen LogP contribution >= 0.6 is 0 Å². The fourth-order valence-corrected chi connectivity index (χ4v) is 2.21. The first-order valence-electron chi connectivity index (χ1n) is 5.91. The number of benzene rings is 1. The van der Waals surface area contributed by atoms with Crippen molar-refractivity contribution >= 4 is 11.9 Å². The Morgan fingerprint density at radius 2 is 2.29 bits per heavy atom. The number of hydrogen-bond acceptors (Lipinski definition) is 2. The second kappa shape index (κ2) is 5.23. The molecule has 3 heteroatoms. The number of hydrogen-bond donors (Lipinski definition) is 0. The summed E-state index contributed by atoms with van der Waals surface area (Å²) in [6.45, 7) is 4.91. The van der Waals surface area contributed by atoms with Crippen LogP contribution in [0.3, 0.4) is 0 Å². The zero-order valence-corrected chi connectivity index (χ0v) is 9.95. The van der Waals surface area contributed by atoms with Crippen molar-refractivity contribution in [1.82, 2.24) is 4.90 Å². The van der Waals surface area contributed by atoms with E-state index in [2.05, 4.69) is 17.9 Å². The van der Waals surface area contributed by atoms with E-state index in [9.17, 15) is 9.18 Å². The van der Waals surface area contributed by atoms with E-state index in [-0.39, 0.29) is 5.56 Å². The van der Waals surface area contributed by atoms with Gasteiger partial charge in [0.1, 0.15) is 5.82 Å². The van der Waals surface area contributed by atoms with Gasteiger partial charge in [0.25, 0.3) is 0 Å². The van der Waals surface area contributed by atoms with E-state index in [1.165, 1.54) is 6.07 Å². The fourth-order valence-electron chi connectivity index (χ4n) is 2.21. The molecule has 0 saturated carbocycles. The summed E-state index contributed by atoms with van der Waals surface area (Å²) in [6, 6.07) is 4.80. The van der Waals surface area contributed by atoms with Crippen LogP contribution in [0, 0.1) is 5.82 Å². The Hall–Kier alpha value is -1.48. The monoisotopic (exact) mass is 233 g/mol. The van der Waals surface area contributed by atoms with Crippen LogP contribution in [0.5, 0.6) is 0 Å². The Morgan fingerprint density at radius 1 is 1.47 bits per heavy atom. The topological polar surface area (TPSA) is 20.3 Å². The summed E-state index contributed by atoms with van der Waals surface area (Å²) in [5.41, 5.74) is 1.97. The SMILES string of the molecule is CCN1CCC=C(c2cccc(F)c2C=O)C1. The normalized spacial score (nSPS) is 16.7. The van der Waals surface area contributed by atoms with Gasteiger partial charge in [-0.15, -0.1) is 0 Å². The average molecular weight is 233 g/mol. The minimum absolute atomic E-state index is 0.178. The van der Waals surface area contributed by atoms with Crippen LogP contribution in [0.15, 0.2) is 24.3 Å². The molecule has 1 aromatic rings. The molecule has 0 fully saturated rings. The zero-order valence-electron chi connectivity index (χ0n) is 9.95. The number of nitrogens with zero attached hydrogens (tertiary/aromatic N) is 1. The quantitative estimate of drug-likeness (QED) is 0.748. The summed E-state index contributed by atoms with van der Waals surface area (Å²) in [5, 5.41) is 0. The minimum Gasteiger partial charge on any atom is -0.299 e. The molecule has 2 rings (SSSR count). The number of aldehydes is 1. The van der Waals surface area contributed by atoms with Gasteiger partial charge in [-0.05, 0) is 30.2 Å². The third-order valence-electron chi connectivity index (χ3n) is 3.19. The first-order chi connectivity index (χ1) is 8.26. The summed E-state index contributed by atoms with van der Waals surface area (Å²) in [5.74, 6) is -0.438. The number of halogens is 1. The summed E-state index contributed by atoms with van der Waals surface area (Å²) in [4.78, 5) is 13.2. The molecular formula is C14H16FNO. The molecule has 0 bridgehead atoms. The number of carbonyl (C=O) groups excluding carboxylic acids is 1. The average Bonchev–Trinajstić information content (AvgIpc) is 2.38. The van der Waals surface area contributed by atoms with Crippen molar-refractivity contribution in [2.45, 2.75) is 13.3 Å². The Labute approximate surface area is 101 Å². The van der Waals surface area contributed by atoms with E-state index < -0.39 is 5.82 Å². The highest BCUT2D eigenvalue weighted by atomic mass is 19.1. The van der Waals surface area contributed by atoms with Crippen LogP contribution in [0.4, 0.5) is 4.39 Å². The van der Waals surface area contributed by atoms with Crippen molar-refractivity contribution in [3.8, 4) is 0 Å². The second-order valence-electron chi connectivity index (χ2n) is 4.21. The summed E-state index contributed by atoms with van der Waals surface area (Å²) >= 11 is 0. The molecule has 0 N–H and O–H groups in total. The largest absolute Gasteiger partial charge is 0.299 e. The maximum absolute atomic E-state index is 13.5. The van der Waals surface area contributed by atoms with E-state index in [4.69, 9.17) is 0 Å². The molecule has 0 aromatic heterocycles. The van der Waals surface area contributed by atoms with E-state index in [1.807, 2.05) is 6.07 Å². The van der Waals surface area contributed by atoms with Gasteiger partial charge in [-0.3, -0.25) is 9.69 Å². The van der Waals surface area contributed by atoms with Gasteiger partial charge in [0.05, 0.1) is 5.56 Å². The van der Waals surface area contributed by atoms with Crippen LogP contribution in [-0.4, -0.2) is 30.8 Å². The summed E-state index contributed by atoms with van der Waals surface area (Å²) in [6.07, 6.45) is 3.67. The Kier molecular flexibility index (Phi) is 3.69. The molecule has 90 valence electrons. The van der Waals surface area contributed by atoms with Gasteiger partial charge in [0.2, 0.25) is 0 Å². The third kappa shape index (κ3) is 2.44. The number of rotatable bonds is 3. The highest BCUT2D eigenvalue weighted by Gasteiger charge is 2.16. The lowest BCUT2D eigenvalue weighted by atomic mass is 9.96. The molecule has 0 saturated heterocycles. The molecule has 2 nitrogen and oxygen atoms in total. The Balaban J connectivity index is 2.37. The van der Waals surface area contributed by atoms with Gasteiger partial charge in [0.15, 0.2) is 6.29 Å². The van der Waals surface area contributed by atoms with E-state index in [0.717, 1.165) is 37.2 Å². The lowest BCUT2D eigenvalue weighted by Gasteiger charge is -2.26. The van der Waals surface area contributed by atoms with Crippen molar-refractivity contribution < 1.29 is 9.18 Å². The van der Waals surface area contributed by atoms with E-state index >= 15 is 0 Å². The van der Waals surface area contributed by atoms with E-state index in [1.54, 1.807) is 6.07 Å². The standard InChI is InChI=1S/C14H16FNO/c1-2-16-8-4-5-11(9-16)12-6-3-7-14(15)13(12)10-17/h3,5-7,10H,2,4,8-9H2,1H3. The molecule has 0 aliphatic carbocycles. The third-order valence-corrected chi connectivity index (χ3v) is 3.19. The highest BCUT2D eigenvalue weighted by Crippen LogP contribution is 2.24. The zero-order chi connectivity index (χ0) is 12.3. The first-order valence-corrected chi connectivity index (χ1v) is 5.91. The fraction of sp³-hybridized carbons (Fsp3) is 0.357. The van der Waals surface area contributed by atoms with Gasteiger partial charge >= 0.3 is 0 Å². The molecule has 0 atom stereocenters. The molecule has 0 radical (unpaired) electrons. The van der Waals surface area contributed by atoms with Crippen LogP contribution in [0.25, 0.3) is 5.57 Å². The minimum atomic E-state index is -0.438. The lowest BCUT2D eigenvalue weighted by molar-refractivity contribution is 0.111. The van der Waals surface area contributed by atoms with Crippen molar-refractivity contribution in [2.75, 3.05) is 19.6 Å². The highest BCUT2D eigenvalue weighted by molar-refractivity contribution is 5.86. The number of carbonyl (C=O) groups is 1. The summed E-state index contributed by atoms with van der Waals surface area (Å²) < 4.78 is 13.5. The molecule has 0 amide bonds. The maximum atomic E-state index is 13.5. The van der Waals surface area contributed by atoms with Crippen LogP contribution in [0.2, 0.25) is 0 Å². The summed E-state index contributed by atoms with van der Waals surface area (Å²) in [7, 11) is 0. The molecule has 1 heterocycles. The molecule has 0 spiro atoms. The Bertz CT molecular complexity index is 454. The van der Waals surface area contributed by atoms with E-state index in [0.29, 0.717) is 6.29 Å². The van der Waals surface area contributed by atoms with Gasteiger partial charge in [-0.2, -0.15) is 0 Å². The molecule has 0 unspecified atom stereocenters. The van der Waals surface area contributed by atoms with Gasteiger partial charge in [-0.25, -0.2) is 4.39 Å². The molecule has 1 aliphatic rings. The number of likely N-dealkylation sites (N-methyl/N-ethyl adjacent to an activating group) is 1. The van der Waals surface area contributed by atoms with Crippen molar-refractivity contribution in [2.24, 2.45) is 0 Å². The molecule has 17 heavy (non-hydrogen) atoms. The smallest absolute Gasteiger partial charge is 0.153 e. The van der Waals surface area contributed by atoms with Crippen LogP contribution < -0.4 is 0 Å². The molecule has 1 aliphatic heterocycles. The Morgan fingerprint density at radius 3 is 3.00 bits per heavy atom. The predicted molar refractivity (Wildman–Crippen MR) is 66.5 cm³/mol. The molecule has 1 aromatic carbocycles. The van der Waals surface area contributed by atoms with Gasteiger partial charge < -0.3 is 0 Å². The first kappa shape index (κ1) is 12.0. The maximum Gasteiger partial charge on any atom is 0.153 e. The van der Waals surface area contributed by atoms with Gasteiger partial charge in [-0.1, -0.05) is 25.1 Å². The van der Waals surface area contributed by atoms with Crippen molar-refractivity contribution in [3.63, 3.8) is 0 Å².